The number of hydrogen-bond donors (Lipinski definition) is 0. The van der Waals surface area contributed by atoms with Crippen LogP contribution in [0.5, 0.6) is 0 Å². The lowest BCUT2D eigenvalue weighted by atomic mass is 10.1. The molecule has 1 aliphatic heterocycles. The van der Waals surface area contributed by atoms with E-state index in [2.05, 4.69) is 19.6 Å². The summed E-state index contributed by atoms with van der Waals surface area (Å²) in [6.45, 7) is 6.17. The molecular weight excluding hydrogens is 206 g/mol. The molecule has 1 heterocycles. The first-order chi connectivity index (χ1) is 6.93. The van der Waals surface area contributed by atoms with Crippen molar-refractivity contribution in [2.75, 3.05) is 4.57 Å². The van der Waals surface area contributed by atoms with Crippen LogP contribution in [-0.4, -0.2) is 19.9 Å². The van der Waals surface area contributed by atoms with Crippen molar-refractivity contribution >= 4 is 25.6 Å². The summed E-state index contributed by atoms with van der Waals surface area (Å²) in [6.07, 6.45) is 0. The highest BCUT2D eigenvalue weighted by atomic mass is 28.3. The van der Waals surface area contributed by atoms with Crippen LogP contribution in [0.3, 0.4) is 0 Å². The Labute approximate surface area is 89.8 Å². The Kier molecular flexibility index (Phi) is 2.04. The number of fused-ring (bicyclic) bond motifs is 1. The highest BCUT2D eigenvalue weighted by Gasteiger charge is 2.41. The molecule has 78 valence electrons. The van der Waals surface area contributed by atoms with Gasteiger partial charge in [0.15, 0.2) is 8.24 Å². The van der Waals surface area contributed by atoms with E-state index in [9.17, 15) is 9.59 Å². The van der Waals surface area contributed by atoms with Crippen molar-refractivity contribution in [3.63, 3.8) is 0 Å². The Morgan fingerprint density at radius 3 is 2.27 bits per heavy atom. The minimum absolute atomic E-state index is 0.365. The second kappa shape index (κ2) is 3.03. The minimum Gasteiger partial charge on any atom is -0.333 e. The fraction of sp³-hybridized carbons (Fsp3) is 0.273. The molecule has 0 radical (unpaired) electrons. The van der Waals surface area contributed by atoms with E-state index in [4.69, 9.17) is 0 Å². The molecule has 2 rings (SSSR count). The van der Waals surface area contributed by atoms with E-state index in [1.807, 2.05) is 12.1 Å². The second-order valence-electron chi connectivity index (χ2n) is 4.66. The van der Waals surface area contributed by atoms with Crippen molar-refractivity contribution in [1.82, 2.24) is 0 Å². The lowest BCUT2D eigenvalue weighted by Crippen LogP contribution is -2.49. The van der Waals surface area contributed by atoms with Gasteiger partial charge in [-0.1, -0.05) is 31.8 Å². The molecule has 0 bridgehead atoms. The molecule has 1 aromatic rings. The Hall–Kier alpha value is -1.42. The van der Waals surface area contributed by atoms with Gasteiger partial charge < -0.3 is 4.57 Å². The second-order valence-corrected chi connectivity index (χ2v) is 9.45. The lowest BCUT2D eigenvalue weighted by molar-refractivity contribution is -0.113. The Balaban J connectivity index is 2.62. The Morgan fingerprint density at radius 1 is 1.07 bits per heavy atom. The van der Waals surface area contributed by atoms with Crippen molar-refractivity contribution in [2.24, 2.45) is 0 Å². The average molecular weight is 219 g/mol. The molecule has 0 atom stereocenters. The quantitative estimate of drug-likeness (QED) is 0.535. The molecule has 0 unspecified atom stereocenters. The zero-order valence-corrected chi connectivity index (χ0v) is 10.1. The zero-order chi connectivity index (χ0) is 11.2. The number of para-hydroxylation sites is 1. The average Bonchev–Trinajstić information content (AvgIpc) is 2.39. The normalized spacial score (nSPS) is 15.8. The standard InChI is InChI=1S/C11H13NO2Si/c1-15(2,3)12-9-7-5-4-6-8(9)10(13)11(12)14/h4-7H,1-3H3. The molecule has 1 amide bonds. The smallest absolute Gasteiger partial charge is 0.291 e. The number of benzene rings is 1. The number of nitrogens with zero attached hydrogens (tertiary/aromatic N) is 1. The van der Waals surface area contributed by atoms with Crippen LogP contribution in [0.15, 0.2) is 24.3 Å². The van der Waals surface area contributed by atoms with Crippen LogP contribution >= 0.6 is 0 Å². The van der Waals surface area contributed by atoms with Gasteiger partial charge >= 0.3 is 0 Å². The molecule has 0 saturated heterocycles. The van der Waals surface area contributed by atoms with Gasteiger partial charge in [0, 0.05) is 5.69 Å². The number of ketones is 1. The van der Waals surface area contributed by atoms with E-state index in [1.54, 1.807) is 16.7 Å². The number of anilines is 1. The van der Waals surface area contributed by atoms with Crippen molar-refractivity contribution < 1.29 is 9.59 Å². The summed E-state index contributed by atoms with van der Waals surface area (Å²) in [5.74, 6) is -0.733. The van der Waals surface area contributed by atoms with Crippen molar-refractivity contribution in [3.8, 4) is 0 Å². The number of Topliss-reactive ketones (excluding diaryl/α,β-unsaturated/α-hetero) is 1. The topological polar surface area (TPSA) is 37.4 Å². The summed E-state index contributed by atoms with van der Waals surface area (Å²) in [7, 11) is -1.82. The van der Waals surface area contributed by atoms with Gasteiger partial charge in [-0.05, 0) is 12.1 Å². The number of hydrogen-bond acceptors (Lipinski definition) is 2. The monoisotopic (exact) mass is 219 g/mol. The van der Waals surface area contributed by atoms with E-state index in [-0.39, 0.29) is 11.7 Å². The van der Waals surface area contributed by atoms with Crippen LogP contribution in [0.2, 0.25) is 19.6 Å². The molecule has 3 nitrogen and oxygen atoms in total. The fourth-order valence-electron chi connectivity index (χ4n) is 1.85. The molecule has 0 spiro atoms. The number of carbonyl (C=O) groups is 2. The molecular formula is C11H13NO2Si. The first kappa shape index (κ1) is 10.1. The molecule has 0 N–H and O–H groups in total. The highest BCUT2D eigenvalue weighted by molar-refractivity contribution is 6.87. The molecule has 1 aliphatic rings. The Morgan fingerprint density at radius 2 is 1.67 bits per heavy atom. The third-order valence-electron chi connectivity index (χ3n) is 2.46. The van der Waals surface area contributed by atoms with Gasteiger partial charge in [-0.3, -0.25) is 9.59 Å². The molecule has 0 fully saturated rings. The molecule has 1 aromatic carbocycles. The van der Waals surface area contributed by atoms with Gasteiger partial charge in [-0.2, -0.15) is 0 Å². The third kappa shape index (κ3) is 1.41. The van der Waals surface area contributed by atoms with Crippen molar-refractivity contribution in [1.29, 1.82) is 0 Å². The predicted octanol–water partition coefficient (Wildman–Crippen LogP) is 2.05. The van der Waals surface area contributed by atoms with Crippen LogP contribution in [0.4, 0.5) is 5.69 Å². The first-order valence-corrected chi connectivity index (χ1v) is 8.35. The summed E-state index contributed by atoms with van der Waals surface area (Å²) < 4.78 is 1.70. The van der Waals surface area contributed by atoms with Crippen LogP contribution in [0.25, 0.3) is 0 Å². The third-order valence-corrected chi connectivity index (χ3v) is 4.24. The van der Waals surface area contributed by atoms with E-state index in [0.29, 0.717) is 5.56 Å². The van der Waals surface area contributed by atoms with Gasteiger partial charge in [0.25, 0.3) is 11.7 Å². The maximum atomic E-state index is 11.8. The van der Waals surface area contributed by atoms with Gasteiger partial charge in [-0.15, -0.1) is 0 Å². The maximum Gasteiger partial charge on any atom is 0.291 e. The van der Waals surface area contributed by atoms with Crippen molar-refractivity contribution in [3.05, 3.63) is 29.8 Å². The van der Waals surface area contributed by atoms with E-state index in [1.165, 1.54) is 0 Å². The van der Waals surface area contributed by atoms with Crippen LogP contribution in [-0.2, 0) is 4.79 Å². The van der Waals surface area contributed by atoms with Crippen LogP contribution in [0, 0.1) is 0 Å². The predicted molar refractivity (Wildman–Crippen MR) is 61.6 cm³/mol. The number of rotatable bonds is 1. The number of amides is 1. The minimum atomic E-state index is -1.82. The van der Waals surface area contributed by atoms with Gasteiger partial charge in [0.2, 0.25) is 0 Å². The van der Waals surface area contributed by atoms with Gasteiger partial charge in [0.1, 0.15) is 0 Å². The number of carbonyl (C=O) groups excluding carboxylic acids is 2. The van der Waals surface area contributed by atoms with Gasteiger partial charge in [-0.25, -0.2) is 0 Å². The van der Waals surface area contributed by atoms with Crippen molar-refractivity contribution in [2.45, 2.75) is 19.6 Å². The molecule has 4 heteroatoms. The molecule has 15 heavy (non-hydrogen) atoms. The summed E-state index contributed by atoms with van der Waals surface area (Å²) in [6, 6.07) is 7.21. The largest absolute Gasteiger partial charge is 0.333 e. The van der Waals surface area contributed by atoms with E-state index in [0.717, 1.165) is 5.69 Å². The fourth-order valence-corrected chi connectivity index (χ4v) is 3.48. The SMILES string of the molecule is C[Si](C)(C)N1C(=O)C(=O)c2ccccc21. The lowest BCUT2D eigenvalue weighted by Gasteiger charge is -2.29. The zero-order valence-electron chi connectivity index (χ0n) is 9.07. The summed E-state index contributed by atoms with van der Waals surface area (Å²) in [4.78, 5) is 23.5. The van der Waals surface area contributed by atoms with Crippen LogP contribution < -0.4 is 4.57 Å². The summed E-state index contributed by atoms with van der Waals surface area (Å²) in [5.41, 5.74) is 1.33. The highest BCUT2D eigenvalue weighted by Crippen LogP contribution is 2.32. The summed E-state index contributed by atoms with van der Waals surface area (Å²) >= 11 is 0. The first-order valence-electron chi connectivity index (χ1n) is 4.91. The molecule has 0 aromatic heterocycles. The summed E-state index contributed by atoms with van der Waals surface area (Å²) in [5, 5.41) is 0. The van der Waals surface area contributed by atoms with Crippen LogP contribution in [0.1, 0.15) is 10.4 Å². The maximum absolute atomic E-state index is 11.8. The molecule has 0 aliphatic carbocycles. The van der Waals surface area contributed by atoms with Gasteiger partial charge in [0.05, 0.1) is 5.56 Å². The Bertz CT molecular complexity index is 448. The van der Waals surface area contributed by atoms with E-state index >= 15 is 0 Å². The molecule has 0 saturated carbocycles. The van der Waals surface area contributed by atoms with E-state index < -0.39 is 8.24 Å².